The number of piperazine rings is 1. The summed E-state index contributed by atoms with van der Waals surface area (Å²) in [6.45, 7) is 7.51. The summed E-state index contributed by atoms with van der Waals surface area (Å²) >= 11 is 6.06. The highest BCUT2D eigenvalue weighted by atomic mass is 35.5. The maximum Gasteiger partial charge on any atom is 0.260 e. The van der Waals surface area contributed by atoms with Gasteiger partial charge in [0.05, 0.1) is 6.16 Å². The second-order valence-electron chi connectivity index (χ2n) is 8.66. The quantitative estimate of drug-likeness (QED) is 0.533. The predicted octanol–water partition coefficient (Wildman–Crippen LogP) is 4.77. The molecule has 0 spiro atoms. The van der Waals surface area contributed by atoms with Crippen LogP contribution in [0.2, 0.25) is 5.02 Å². The Labute approximate surface area is 199 Å². The van der Waals surface area contributed by atoms with Crippen molar-refractivity contribution in [3.8, 4) is 5.75 Å². The number of halogens is 2. The molecule has 1 fully saturated rings. The molecule has 0 aromatic heterocycles. The van der Waals surface area contributed by atoms with Gasteiger partial charge in [-0.05, 0) is 49.7 Å². The second-order valence-corrected chi connectivity index (χ2v) is 11.7. The molecule has 1 amide bonds. The van der Waals surface area contributed by atoms with Gasteiger partial charge in [-0.25, -0.2) is 4.39 Å². The van der Waals surface area contributed by atoms with Crippen LogP contribution < -0.4 is 4.74 Å². The van der Waals surface area contributed by atoms with E-state index in [9.17, 15) is 18.6 Å². The fourth-order valence-electron chi connectivity index (χ4n) is 4.00. The van der Waals surface area contributed by atoms with Crippen molar-refractivity contribution in [3.05, 3.63) is 64.4 Å². The van der Waals surface area contributed by atoms with E-state index in [1.807, 2.05) is 11.8 Å². The highest BCUT2D eigenvalue weighted by Gasteiger charge is 2.32. The Kier molecular flexibility index (Phi) is 8.57. The first-order valence-corrected chi connectivity index (χ1v) is 13.5. The summed E-state index contributed by atoms with van der Waals surface area (Å²) in [6, 6.07) is 11.5. The second kappa shape index (κ2) is 11.0. The first kappa shape index (κ1) is 25.7. The largest absolute Gasteiger partial charge is 0.483 e. The Bertz CT molecular complexity index is 1020. The molecule has 0 radical (unpaired) electrons. The molecule has 0 bridgehead atoms. The Morgan fingerprint density at radius 2 is 1.88 bits per heavy atom. The Hall–Kier alpha value is -1.92. The Balaban J connectivity index is 1.61. The number of carbonyl (C=O) groups excluding carboxylic acids is 1. The van der Waals surface area contributed by atoms with Crippen molar-refractivity contribution >= 4 is 24.9 Å². The monoisotopic (exact) mass is 496 g/mol. The van der Waals surface area contributed by atoms with Gasteiger partial charge >= 0.3 is 0 Å². The Morgan fingerprint density at radius 3 is 2.55 bits per heavy atom. The SMILES string of the molecule is CCP(=O)(O)Cc1cc(Cl)ccc1OCC(=O)N1C[C@H](C)N(Cc2ccc(F)cc2)C[C@H]1C. The molecule has 33 heavy (non-hydrogen) atoms. The third-order valence-electron chi connectivity index (χ3n) is 6.02. The van der Waals surface area contributed by atoms with Crippen molar-refractivity contribution < 1.29 is 23.4 Å². The van der Waals surface area contributed by atoms with Crippen LogP contribution in [0.3, 0.4) is 0 Å². The summed E-state index contributed by atoms with van der Waals surface area (Å²) in [5, 5.41) is 0.444. The lowest BCUT2D eigenvalue weighted by atomic mass is 10.1. The highest BCUT2D eigenvalue weighted by Crippen LogP contribution is 2.46. The fourth-order valence-corrected chi connectivity index (χ4v) is 5.20. The summed E-state index contributed by atoms with van der Waals surface area (Å²) in [7, 11) is -3.33. The van der Waals surface area contributed by atoms with Crippen LogP contribution in [0, 0.1) is 5.82 Å². The van der Waals surface area contributed by atoms with Crippen LogP contribution in [-0.4, -0.2) is 58.5 Å². The molecule has 3 atom stereocenters. The average Bonchev–Trinajstić information content (AvgIpc) is 2.76. The lowest BCUT2D eigenvalue weighted by Gasteiger charge is -2.44. The van der Waals surface area contributed by atoms with Gasteiger partial charge < -0.3 is 14.5 Å². The number of ether oxygens (including phenoxy) is 1. The number of hydrogen-bond acceptors (Lipinski definition) is 4. The molecule has 0 saturated carbocycles. The molecular formula is C24H31ClFN2O4P. The van der Waals surface area contributed by atoms with Gasteiger partial charge in [0.25, 0.3) is 5.91 Å². The number of carbonyl (C=O) groups is 1. The first-order chi connectivity index (χ1) is 15.6. The zero-order valence-electron chi connectivity index (χ0n) is 19.2. The smallest absolute Gasteiger partial charge is 0.260 e. The maximum atomic E-state index is 13.2. The molecular weight excluding hydrogens is 466 g/mol. The van der Waals surface area contributed by atoms with E-state index in [-0.39, 0.29) is 42.7 Å². The lowest BCUT2D eigenvalue weighted by molar-refractivity contribution is -0.139. The fraction of sp³-hybridized carbons (Fsp3) is 0.458. The number of nitrogens with zero attached hydrogens (tertiary/aromatic N) is 2. The summed E-state index contributed by atoms with van der Waals surface area (Å²) in [6.07, 6.45) is 0.0958. The van der Waals surface area contributed by atoms with E-state index in [2.05, 4.69) is 11.8 Å². The van der Waals surface area contributed by atoms with Gasteiger partial charge in [0.2, 0.25) is 7.37 Å². The normalized spacial score (nSPS) is 21.0. The van der Waals surface area contributed by atoms with Crippen molar-refractivity contribution in [2.45, 2.75) is 45.6 Å². The molecule has 1 aliphatic rings. The number of benzene rings is 2. The topological polar surface area (TPSA) is 70.1 Å². The predicted molar refractivity (Wildman–Crippen MR) is 128 cm³/mol. The molecule has 1 N–H and O–H groups in total. The molecule has 9 heteroatoms. The van der Waals surface area contributed by atoms with Crippen LogP contribution in [0.15, 0.2) is 42.5 Å². The van der Waals surface area contributed by atoms with Crippen LogP contribution >= 0.6 is 19.0 Å². The van der Waals surface area contributed by atoms with Crippen LogP contribution in [0.4, 0.5) is 4.39 Å². The van der Waals surface area contributed by atoms with E-state index in [0.29, 0.717) is 36.0 Å². The zero-order valence-corrected chi connectivity index (χ0v) is 20.9. The van der Waals surface area contributed by atoms with E-state index < -0.39 is 7.37 Å². The van der Waals surface area contributed by atoms with Gasteiger partial charge in [0.15, 0.2) is 6.61 Å². The summed E-state index contributed by atoms with van der Waals surface area (Å²) < 4.78 is 31.2. The van der Waals surface area contributed by atoms with Crippen molar-refractivity contribution in [2.75, 3.05) is 25.9 Å². The third-order valence-corrected chi connectivity index (χ3v) is 8.08. The van der Waals surface area contributed by atoms with Crippen molar-refractivity contribution in [2.24, 2.45) is 0 Å². The molecule has 1 heterocycles. The Morgan fingerprint density at radius 1 is 1.18 bits per heavy atom. The van der Waals surface area contributed by atoms with E-state index >= 15 is 0 Å². The molecule has 6 nitrogen and oxygen atoms in total. The van der Waals surface area contributed by atoms with Gasteiger partial charge in [-0.1, -0.05) is 30.7 Å². The summed E-state index contributed by atoms with van der Waals surface area (Å²) in [5.41, 5.74) is 1.55. The average molecular weight is 497 g/mol. The molecule has 1 aliphatic heterocycles. The van der Waals surface area contributed by atoms with Crippen molar-refractivity contribution in [1.82, 2.24) is 9.80 Å². The van der Waals surface area contributed by atoms with Crippen LogP contribution in [0.1, 0.15) is 31.9 Å². The van der Waals surface area contributed by atoms with Gasteiger partial charge in [0.1, 0.15) is 11.6 Å². The van der Waals surface area contributed by atoms with Gasteiger partial charge in [-0.15, -0.1) is 0 Å². The lowest BCUT2D eigenvalue weighted by Crippen LogP contribution is -2.58. The minimum absolute atomic E-state index is 0.0137. The van der Waals surface area contributed by atoms with Gasteiger partial charge in [-0.2, -0.15) is 0 Å². The third kappa shape index (κ3) is 7.03. The minimum Gasteiger partial charge on any atom is -0.483 e. The molecule has 3 rings (SSSR count). The van der Waals surface area contributed by atoms with Gasteiger partial charge in [0, 0.05) is 48.5 Å². The summed E-state index contributed by atoms with van der Waals surface area (Å²) in [4.78, 5) is 27.1. The highest BCUT2D eigenvalue weighted by molar-refractivity contribution is 7.57. The van der Waals surface area contributed by atoms with Crippen LogP contribution in [-0.2, 0) is 22.1 Å². The molecule has 2 aromatic carbocycles. The molecule has 1 unspecified atom stereocenters. The van der Waals surface area contributed by atoms with E-state index in [1.54, 1.807) is 37.3 Å². The zero-order chi connectivity index (χ0) is 24.2. The summed E-state index contributed by atoms with van der Waals surface area (Å²) in [5.74, 6) is 0.00130. The van der Waals surface area contributed by atoms with Crippen molar-refractivity contribution in [1.29, 1.82) is 0 Å². The standard InChI is InChI=1S/C24H31ClFN2O4P/c1-4-33(30,31)16-20-11-21(25)7-10-23(20)32-15-24(29)28-13-17(2)27(12-18(28)3)14-19-5-8-22(26)9-6-19/h5-11,17-18H,4,12-16H2,1-3H3,(H,30,31)/t17-,18+/m0/s1. The van der Waals surface area contributed by atoms with E-state index in [4.69, 9.17) is 16.3 Å². The number of hydrogen-bond donors (Lipinski definition) is 1. The molecule has 2 aromatic rings. The van der Waals surface area contributed by atoms with E-state index in [0.717, 1.165) is 5.56 Å². The number of amides is 1. The van der Waals surface area contributed by atoms with Gasteiger partial charge in [-0.3, -0.25) is 14.3 Å². The van der Waals surface area contributed by atoms with Crippen LogP contribution in [0.5, 0.6) is 5.75 Å². The maximum absolute atomic E-state index is 13.2. The molecule has 0 aliphatic carbocycles. The molecule has 180 valence electrons. The first-order valence-electron chi connectivity index (χ1n) is 11.1. The molecule has 1 saturated heterocycles. The van der Waals surface area contributed by atoms with Crippen LogP contribution in [0.25, 0.3) is 0 Å². The van der Waals surface area contributed by atoms with Crippen molar-refractivity contribution in [3.63, 3.8) is 0 Å². The number of rotatable bonds is 8. The van der Waals surface area contributed by atoms with E-state index in [1.165, 1.54) is 12.1 Å². The minimum atomic E-state index is -3.33.